The molecule has 27 heavy (non-hydrogen) atoms. The molecule has 0 spiro atoms. The van der Waals surface area contributed by atoms with E-state index in [0.717, 1.165) is 18.9 Å². The first-order valence-corrected chi connectivity index (χ1v) is 12.3. The van der Waals surface area contributed by atoms with Crippen molar-refractivity contribution in [2.24, 2.45) is 0 Å². The van der Waals surface area contributed by atoms with Crippen LogP contribution in [0, 0.1) is 0 Å². The van der Waals surface area contributed by atoms with Crippen molar-refractivity contribution in [1.82, 2.24) is 4.72 Å². The van der Waals surface area contributed by atoms with Crippen molar-refractivity contribution in [2.75, 3.05) is 6.61 Å². The fourth-order valence-electron chi connectivity index (χ4n) is 3.01. The molecule has 1 amide bonds. The van der Waals surface area contributed by atoms with Crippen LogP contribution in [0.1, 0.15) is 110 Å². The third-order valence-corrected chi connectivity index (χ3v) is 5.58. The molecule has 0 atom stereocenters. The van der Waals surface area contributed by atoms with Gasteiger partial charge in [-0.15, -0.1) is 0 Å². The van der Waals surface area contributed by atoms with Crippen molar-refractivity contribution < 1.29 is 17.4 Å². The van der Waals surface area contributed by atoms with Gasteiger partial charge in [-0.3, -0.25) is 8.98 Å². The van der Waals surface area contributed by atoms with Gasteiger partial charge in [-0.25, -0.2) is 4.72 Å². The average molecular weight is 404 g/mol. The molecular weight excluding hydrogens is 362 g/mol. The molecule has 0 heterocycles. The SMILES string of the molecule is C=CC(=O)NS(=O)(=O)OCCCCCCCCCCCCCCCCCC. The lowest BCUT2D eigenvalue weighted by Gasteiger charge is -2.05. The number of carbonyl (C=O) groups excluding carboxylic acids is 1. The zero-order valence-electron chi connectivity index (χ0n) is 17.3. The quantitative estimate of drug-likeness (QED) is 0.206. The topological polar surface area (TPSA) is 72.5 Å². The van der Waals surface area contributed by atoms with E-state index in [1.807, 2.05) is 0 Å². The summed E-state index contributed by atoms with van der Waals surface area (Å²) in [6.07, 6.45) is 21.2. The molecule has 0 saturated carbocycles. The van der Waals surface area contributed by atoms with E-state index in [0.29, 0.717) is 6.42 Å². The van der Waals surface area contributed by atoms with Crippen LogP contribution in [0.4, 0.5) is 0 Å². The third kappa shape index (κ3) is 19.7. The lowest BCUT2D eigenvalue weighted by Crippen LogP contribution is -2.30. The van der Waals surface area contributed by atoms with Crippen LogP contribution in [0.2, 0.25) is 0 Å². The third-order valence-electron chi connectivity index (χ3n) is 4.65. The lowest BCUT2D eigenvalue weighted by molar-refractivity contribution is -0.114. The van der Waals surface area contributed by atoms with Gasteiger partial charge in [-0.05, 0) is 12.5 Å². The van der Waals surface area contributed by atoms with Crippen molar-refractivity contribution in [2.45, 2.75) is 110 Å². The number of amides is 1. The van der Waals surface area contributed by atoms with Gasteiger partial charge in [0.1, 0.15) is 0 Å². The Balaban J connectivity index is 3.25. The van der Waals surface area contributed by atoms with Crippen LogP contribution >= 0.6 is 0 Å². The van der Waals surface area contributed by atoms with Crippen LogP contribution in [0.15, 0.2) is 12.7 Å². The Morgan fingerprint density at radius 2 is 1.15 bits per heavy atom. The van der Waals surface area contributed by atoms with Gasteiger partial charge in [-0.1, -0.05) is 110 Å². The zero-order valence-corrected chi connectivity index (χ0v) is 18.2. The minimum atomic E-state index is -3.98. The summed E-state index contributed by atoms with van der Waals surface area (Å²) in [5.74, 6) is -0.776. The maximum Gasteiger partial charge on any atom is 0.362 e. The lowest BCUT2D eigenvalue weighted by atomic mass is 10.0. The largest absolute Gasteiger partial charge is 0.362 e. The summed E-state index contributed by atoms with van der Waals surface area (Å²) in [6, 6.07) is 0. The molecule has 0 saturated heterocycles. The molecule has 0 rings (SSSR count). The molecule has 5 nitrogen and oxygen atoms in total. The monoisotopic (exact) mass is 403 g/mol. The van der Waals surface area contributed by atoms with E-state index in [4.69, 9.17) is 4.18 Å². The van der Waals surface area contributed by atoms with Crippen LogP contribution in [0.3, 0.4) is 0 Å². The van der Waals surface area contributed by atoms with Crippen LogP contribution in [0.5, 0.6) is 0 Å². The van der Waals surface area contributed by atoms with E-state index in [1.165, 1.54) is 83.5 Å². The van der Waals surface area contributed by atoms with Crippen LogP contribution in [0.25, 0.3) is 0 Å². The molecule has 0 aromatic carbocycles. The Bertz CT molecular complexity index is 463. The van der Waals surface area contributed by atoms with E-state index >= 15 is 0 Å². The van der Waals surface area contributed by atoms with E-state index in [2.05, 4.69) is 13.5 Å². The number of hydrogen-bond donors (Lipinski definition) is 1. The second-order valence-corrected chi connectivity index (χ2v) is 8.60. The normalized spacial score (nSPS) is 11.4. The predicted octanol–water partition coefficient (Wildman–Crippen LogP) is 5.81. The Labute approximate surface area is 167 Å². The predicted molar refractivity (Wildman–Crippen MR) is 113 cm³/mol. The number of rotatable bonds is 20. The standard InChI is InChI=1S/C21H41NO4S/c1-3-5-6-7-8-9-10-11-12-13-14-15-16-17-18-19-20-26-27(24,25)22-21(23)4-2/h4H,2-3,5-20H2,1H3,(H,22,23). The highest BCUT2D eigenvalue weighted by molar-refractivity contribution is 7.85. The molecule has 160 valence electrons. The maximum atomic E-state index is 11.4. The highest BCUT2D eigenvalue weighted by Crippen LogP contribution is 2.13. The molecule has 0 aliphatic rings. The zero-order chi connectivity index (χ0) is 20.2. The van der Waals surface area contributed by atoms with E-state index in [9.17, 15) is 13.2 Å². The van der Waals surface area contributed by atoms with E-state index in [-0.39, 0.29) is 6.61 Å². The van der Waals surface area contributed by atoms with Crippen LogP contribution < -0.4 is 4.72 Å². The van der Waals surface area contributed by atoms with Gasteiger partial charge in [0, 0.05) is 0 Å². The Hall–Kier alpha value is -0.880. The first-order valence-electron chi connectivity index (χ1n) is 10.9. The molecule has 0 radical (unpaired) electrons. The Morgan fingerprint density at radius 3 is 1.52 bits per heavy atom. The van der Waals surface area contributed by atoms with Gasteiger partial charge < -0.3 is 0 Å². The average Bonchev–Trinajstić information content (AvgIpc) is 2.63. The molecule has 0 aliphatic heterocycles. The molecule has 6 heteroatoms. The van der Waals surface area contributed by atoms with E-state index in [1.54, 1.807) is 4.72 Å². The first-order chi connectivity index (χ1) is 13.0. The Kier molecular flexibility index (Phi) is 17.9. The molecule has 0 aliphatic carbocycles. The van der Waals surface area contributed by atoms with Crippen LogP contribution in [-0.4, -0.2) is 20.9 Å². The highest BCUT2D eigenvalue weighted by atomic mass is 32.2. The minimum absolute atomic E-state index is 0.109. The number of nitrogens with one attached hydrogen (secondary N) is 1. The molecule has 0 aromatic heterocycles. The smallest absolute Gasteiger partial charge is 0.269 e. The summed E-state index contributed by atoms with van der Waals surface area (Å²) in [7, 11) is -3.98. The summed E-state index contributed by atoms with van der Waals surface area (Å²) < 4.78 is 29.2. The van der Waals surface area contributed by atoms with E-state index < -0.39 is 16.2 Å². The molecular formula is C21H41NO4S. The summed E-state index contributed by atoms with van der Waals surface area (Å²) in [5, 5.41) is 0. The van der Waals surface area contributed by atoms with Gasteiger partial charge >= 0.3 is 10.3 Å². The minimum Gasteiger partial charge on any atom is -0.269 e. The maximum absolute atomic E-state index is 11.4. The highest BCUT2D eigenvalue weighted by Gasteiger charge is 2.12. The van der Waals surface area contributed by atoms with Gasteiger partial charge in [0.25, 0.3) is 5.91 Å². The second kappa shape index (κ2) is 18.5. The van der Waals surface area contributed by atoms with Gasteiger partial charge in [0.15, 0.2) is 0 Å². The molecule has 0 bridgehead atoms. The van der Waals surface area contributed by atoms with Gasteiger partial charge in [0.2, 0.25) is 0 Å². The van der Waals surface area contributed by atoms with Crippen molar-refractivity contribution >= 4 is 16.2 Å². The van der Waals surface area contributed by atoms with Crippen molar-refractivity contribution in [3.63, 3.8) is 0 Å². The molecule has 0 aromatic rings. The summed E-state index contributed by atoms with van der Waals surface area (Å²) >= 11 is 0. The summed E-state index contributed by atoms with van der Waals surface area (Å²) in [6.45, 7) is 5.56. The van der Waals surface area contributed by atoms with Gasteiger partial charge in [0.05, 0.1) is 6.61 Å². The van der Waals surface area contributed by atoms with Crippen molar-refractivity contribution in [1.29, 1.82) is 0 Å². The van der Waals surface area contributed by atoms with Crippen LogP contribution in [-0.2, 0) is 19.3 Å². The molecule has 0 unspecified atom stereocenters. The number of hydrogen-bond acceptors (Lipinski definition) is 4. The first kappa shape index (κ1) is 26.1. The summed E-state index contributed by atoms with van der Waals surface area (Å²) in [4.78, 5) is 10.9. The summed E-state index contributed by atoms with van der Waals surface area (Å²) in [5.41, 5.74) is 0. The fraction of sp³-hybridized carbons (Fsp3) is 0.857. The van der Waals surface area contributed by atoms with Gasteiger partial charge in [-0.2, -0.15) is 8.42 Å². The molecule has 1 N–H and O–H groups in total. The number of unbranched alkanes of at least 4 members (excludes halogenated alkanes) is 15. The number of carbonyl (C=O) groups is 1. The Morgan fingerprint density at radius 1 is 0.778 bits per heavy atom. The van der Waals surface area contributed by atoms with Crippen molar-refractivity contribution in [3.8, 4) is 0 Å². The molecule has 0 fully saturated rings. The van der Waals surface area contributed by atoms with Crippen molar-refractivity contribution in [3.05, 3.63) is 12.7 Å². The second-order valence-electron chi connectivity index (χ2n) is 7.25. The fourth-order valence-corrected chi connectivity index (χ4v) is 3.74.